The van der Waals surface area contributed by atoms with E-state index < -0.39 is 0 Å². The van der Waals surface area contributed by atoms with Crippen LogP contribution in [-0.2, 0) is 6.42 Å². The van der Waals surface area contributed by atoms with Gasteiger partial charge >= 0.3 is 0 Å². The molecule has 0 bridgehead atoms. The zero-order valence-corrected chi connectivity index (χ0v) is 29.9. The van der Waals surface area contributed by atoms with Crippen LogP contribution in [0.3, 0.4) is 0 Å². The van der Waals surface area contributed by atoms with E-state index >= 15 is 0 Å². The fourth-order valence-corrected chi connectivity index (χ4v) is 8.82. The van der Waals surface area contributed by atoms with E-state index in [1.807, 2.05) is 0 Å². The molecule has 0 radical (unpaired) electrons. The summed E-state index contributed by atoms with van der Waals surface area (Å²) in [5.74, 6) is 1.07. The number of hydrogen-bond donors (Lipinski definition) is 0. The lowest BCUT2D eigenvalue weighted by Crippen LogP contribution is -2.19. The highest BCUT2D eigenvalue weighted by Crippen LogP contribution is 2.50. The minimum atomic E-state index is 0.829. The lowest BCUT2D eigenvalue weighted by Gasteiger charge is -2.33. The topological polar surface area (TPSA) is 21.1 Å². The number of aryl methyl sites for hydroxylation is 1. The molecule has 0 atom stereocenters. The number of nitrogens with zero attached hydrogens (tertiary/aromatic N) is 3. The standard InChI is InChI=1S/C51H35N3/c1-2-48-52-44-22-13-23-46-51(44)54(48)47-32-38(27-29-45(47)53(46)39-18-7-4-8-19-39)50-41-21-12-11-20-40(41)49(37-25-24-34-16-9-10-17-35(34)30-37)42-28-26-36(31-43(42)50)33-14-5-3-6-15-33/h3-32H,2H2,1H3. The van der Waals surface area contributed by atoms with E-state index in [4.69, 9.17) is 4.98 Å². The Bertz CT molecular complexity index is 3090. The molecule has 10 aromatic rings. The molecule has 54 heavy (non-hydrogen) atoms. The molecular formula is C51H35N3. The average Bonchev–Trinajstić information content (AvgIpc) is 3.63. The van der Waals surface area contributed by atoms with Crippen molar-refractivity contribution in [2.24, 2.45) is 0 Å². The smallest absolute Gasteiger partial charge is 0.114 e. The summed E-state index contributed by atoms with van der Waals surface area (Å²) in [5, 5.41) is 7.45. The van der Waals surface area contributed by atoms with Crippen molar-refractivity contribution in [3.05, 3.63) is 188 Å². The lowest BCUT2D eigenvalue weighted by molar-refractivity contribution is 0.901. The number of aromatic nitrogens is 2. The van der Waals surface area contributed by atoms with Gasteiger partial charge in [-0.2, -0.15) is 0 Å². The van der Waals surface area contributed by atoms with Gasteiger partial charge in [-0.15, -0.1) is 0 Å². The zero-order chi connectivity index (χ0) is 35.8. The first kappa shape index (κ1) is 30.6. The van der Waals surface area contributed by atoms with Crippen LogP contribution in [0.1, 0.15) is 12.7 Å². The quantitative estimate of drug-likeness (QED) is 0.168. The number of rotatable bonds is 5. The Balaban J connectivity index is 1.24. The van der Waals surface area contributed by atoms with Crippen LogP contribution in [0.15, 0.2) is 182 Å². The maximum absolute atomic E-state index is 5.18. The Morgan fingerprint density at radius 2 is 1.07 bits per heavy atom. The van der Waals surface area contributed by atoms with Crippen LogP contribution in [0.2, 0.25) is 0 Å². The maximum Gasteiger partial charge on any atom is 0.114 e. The molecular weight excluding hydrogens is 655 g/mol. The molecule has 0 aliphatic carbocycles. The summed E-state index contributed by atoms with van der Waals surface area (Å²) in [6, 6.07) is 66.6. The summed E-state index contributed by atoms with van der Waals surface area (Å²) in [4.78, 5) is 7.58. The first-order valence-corrected chi connectivity index (χ1v) is 18.8. The largest absolute Gasteiger partial charge is 0.306 e. The molecule has 0 spiro atoms. The Labute approximate surface area is 314 Å². The molecule has 0 amide bonds. The number of anilines is 3. The molecule has 3 heteroatoms. The van der Waals surface area contributed by atoms with Crippen LogP contribution in [0, 0.1) is 0 Å². The average molecular weight is 690 g/mol. The van der Waals surface area contributed by atoms with E-state index in [2.05, 4.69) is 198 Å². The van der Waals surface area contributed by atoms with Gasteiger partial charge in [-0.25, -0.2) is 4.98 Å². The van der Waals surface area contributed by atoms with E-state index in [0.717, 1.165) is 46.0 Å². The van der Waals surface area contributed by atoms with Crippen molar-refractivity contribution in [2.75, 3.05) is 4.90 Å². The summed E-state index contributed by atoms with van der Waals surface area (Å²) in [5.41, 5.74) is 14.1. The van der Waals surface area contributed by atoms with Crippen LogP contribution >= 0.6 is 0 Å². The first-order chi connectivity index (χ1) is 26.7. The summed E-state index contributed by atoms with van der Waals surface area (Å²) in [6.07, 6.45) is 0.829. The highest BCUT2D eigenvalue weighted by Gasteiger charge is 2.29. The van der Waals surface area contributed by atoms with Crippen LogP contribution in [0.4, 0.5) is 17.1 Å². The minimum absolute atomic E-state index is 0.829. The Morgan fingerprint density at radius 3 is 1.87 bits per heavy atom. The molecule has 1 aliphatic rings. The van der Waals surface area contributed by atoms with Crippen molar-refractivity contribution in [3.8, 4) is 39.1 Å². The van der Waals surface area contributed by atoms with E-state index in [9.17, 15) is 0 Å². The first-order valence-electron chi connectivity index (χ1n) is 18.8. The van der Waals surface area contributed by atoms with E-state index in [1.54, 1.807) is 0 Å². The van der Waals surface area contributed by atoms with Gasteiger partial charge in [-0.3, -0.25) is 4.57 Å². The highest BCUT2D eigenvalue weighted by atomic mass is 15.2. The van der Waals surface area contributed by atoms with Gasteiger partial charge in [0.25, 0.3) is 0 Å². The van der Waals surface area contributed by atoms with E-state index in [1.165, 1.54) is 65.7 Å². The van der Waals surface area contributed by atoms with Gasteiger partial charge < -0.3 is 4.90 Å². The molecule has 0 saturated carbocycles. The van der Waals surface area contributed by atoms with Crippen molar-refractivity contribution in [3.63, 3.8) is 0 Å². The van der Waals surface area contributed by atoms with Crippen LogP contribution in [-0.4, -0.2) is 9.55 Å². The number of imidazole rings is 1. The van der Waals surface area contributed by atoms with Gasteiger partial charge in [-0.1, -0.05) is 140 Å². The number of fused-ring (bicyclic) bond motifs is 5. The van der Waals surface area contributed by atoms with Crippen LogP contribution in [0.25, 0.3) is 82.4 Å². The van der Waals surface area contributed by atoms with Gasteiger partial charge in [-0.05, 0) is 114 Å². The molecule has 11 rings (SSSR count). The van der Waals surface area contributed by atoms with Crippen molar-refractivity contribution in [1.82, 2.24) is 9.55 Å². The summed E-state index contributed by atoms with van der Waals surface area (Å²) in [6.45, 7) is 2.20. The SMILES string of the molecule is CCc1nc2cccc3c2n1-c1cc(-c2c4ccccc4c(-c4ccc5ccccc5c4)c4ccc(-c5ccccc5)cc24)ccc1N3c1ccccc1. The molecule has 254 valence electrons. The maximum atomic E-state index is 5.18. The number of hydrogen-bond acceptors (Lipinski definition) is 2. The monoisotopic (exact) mass is 689 g/mol. The van der Waals surface area contributed by atoms with Gasteiger partial charge in [0.2, 0.25) is 0 Å². The lowest BCUT2D eigenvalue weighted by atomic mass is 9.84. The Kier molecular flexibility index (Phi) is 6.83. The second-order valence-corrected chi connectivity index (χ2v) is 14.2. The molecule has 1 aromatic heterocycles. The molecule has 2 heterocycles. The third-order valence-corrected chi connectivity index (χ3v) is 11.2. The molecule has 0 saturated heterocycles. The van der Waals surface area contributed by atoms with E-state index in [-0.39, 0.29) is 0 Å². The molecule has 9 aromatic carbocycles. The van der Waals surface area contributed by atoms with Gasteiger partial charge in [0, 0.05) is 12.1 Å². The second-order valence-electron chi connectivity index (χ2n) is 14.2. The summed E-state index contributed by atoms with van der Waals surface area (Å²) < 4.78 is 2.41. The van der Waals surface area contributed by atoms with Gasteiger partial charge in [0.15, 0.2) is 0 Å². The van der Waals surface area contributed by atoms with Crippen molar-refractivity contribution in [2.45, 2.75) is 13.3 Å². The summed E-state index contributed by atoms with van der Waals surface area (Å²) >= 11 is 0. The van der Waals surface area contributed by atoms with Crippen molar-refractivity contribution in [1.29, 1.82) is 0 Å². The molecule has 0 fully saturated rings. The number of benzene rings is 9. The fourth-order valence-electron chi connectivity index (χ4n) is 8.82. The third-order valence-electron chi connectivity index (χ3n) is 11.2. The molecule has 3 nitrogen and oxygen atoms in total. The minimum Gasteiger partial charge on any atom is -0.306 e. The third kappa shape index (κ3) is 4.58. The Hall–Kier alpha value is -6.97. The van der Waals surface area contributed by atoms with Crippen molar-refractivity contribution < 1.29 is 0 Å². The predicted octanol–water partition coefficient (Wildman–Crippen LogP) is 13.8. The van der Waals surface area contributed by atoms with Gasteiger partial charge in [0.05, 0.1) is 28.1 Å². The number of para-hydroxylation sites is 2. The fraction of sp³-hybridized carbons (Fsp3) is 0.0392. The zero-order valence-electron chi connectivity index (χ0n) is 29.9. The molecule has 0 unspecified atom stereocenters. The second kappa shape index (κ2) is 12.0. The van der Waals surface area contributed by atoms with Crippen molar-refractivity contribution >= 4 is 60.4 Å². The predicted molar refractivity (Wildman–Crippen MR) is 228 cm³/mol. The normalized spacial score (nSPS) is 12.2. The molecule has 1 aliphatic heterocycles. The molecule has 0 N–H and O–H groups in total. The van der Waals surface area contributed by atoms with Crippen LogP contribution < -0.4 is 4.90 Å². The van der Waals surface area contributed by atoms with Crippen LogP contribution in [0.5, 0.6) is 0 Å². The Morgan fingerprint density at radius 1 is 0.426 bits per heavy atom. The summed E-state index contributed by atoms with van der Waals surface area (Å²) in [7, 11) is 0. The highest BCUT2D eigenvalue weighted by molar-refractivity contribution is 6.22. The van der Waals surface area contributed by atoms with Gasteiger partial charge in [0.1, 0.15) is 5.82 Å². The van der Waals surface area contributed by atoms with E-state index in [0.29, 0.717) is 0 Å².